The minimum Gasteiger partial charge on any atom is -0.325 e. The number of hydrogen-bond acceptors (Lipinski definition) is 3. The van der Waals surface area contributed by atoms with Crippen LogP contribution in [-0.4, -0.2) is 15.0 Å². The second-order valence-corrected chi connectivity index (χ2v) is 5.57. The fraction of sp³-hybridized carbons (Fsp3) is 0.385. The maximum atomic E-state index is 6.20. The summed E-state index contributed by atoms with van der Waals surface area (Å²) in [6.07, 6.45) is 2.35. The lowest BCUT2D eigenvalue weighted by Crippen LogP contribution is -2.08. The van der Waals surface area contributed by atoms with Crippen molar-refractivity contribution in [3.05, 3.63) is 45.2 Å². The first-order chi connectivity index (χ1) is 9.20. The molecule has 0 amide bonds. The molecule has 1 aromatic heterocycles. The zero-order valence-corrected chi connectivity index (χ0v) is 11.8. The highest BCUT2D eigenvalue weighted by atomic mass is 35.5. The Bertz CT molecular complexity index is 584. The van der Waals surface area contributed by atoms with Gasteiger partial charge >= 0.3 is 0 Å². The van der Waals surface area contributed by atoms with Gasteiger partial charge in [0.15, 0.2) is 0 Å². The molecular weight excluding hydrogens is 283 g/mol. The monoisotopic (exact) mass is 296 g/mol. The van der Waals surface area contributed by atoms with Crippen LogP contribution < -0.4 is 5.73 Å². The fourth-order valence-electron chi connectivity index (χ4n) is 2.25. The van der Waals surface area contributed by atoms with Gasteiger partial charge in [0, 0.05) is 28.1 Å². The average Bonchev–Trinajstić information content (AvgIpc) is 3.15. The lowest BCUT2D eigenvalue weighted by atomic mass is 10.2. The first-order valence-corrected chi connectivity index (χ1v) is 7.01. The van der Waals surface area contributed by atoms with Crippen LogP contribution in [0.2, 0.25) is 10.0 Å². The largest absolute Gasteiger partial charge is 0.325 e. The van der Waals surface area contributed by atoms with Crippen LogP contribution in [0.5, 0.6) is 0 Å². The van der Waals surface area contributed by atoms with Crippen LogP contribution in [0, 0.1) is 0 Å². The molecule has 1 aromatic carbocycles. The maximum absolute atomic E-state index is 6.20. The summed E-state index contributed by atoms with van der Waals surface area (Å²) < 4.78 is 1.88. The molecule has 1 heterocycles. The summed E-state index contributed by atoms with van der Waals surface area (Å²) in [7, 11) is 0. The molecule has 2 aromatic rings. The zero-order chi connectivity index (χ0) is 13.4. The van der Waals surface area contributed by atoms with Crippen molar-refractivity contribution >= 4 is 23.2 Å². The summed E-state index contributed by atoms with van der Waals surface area (Å²) in [6, 6.07) is 5.50. The Morgan fingerprint density at radius 2 is 1.95 bits per heavy atom. The molecule has 1 aliphatic rings. The van der Waals surface area contributed by atoms with Gasteiger partial charge < -0.3 is 5.73 Å². The third-order valence-electron chi connectivity index (χ3n) is 3.37. The molecular formula is C13H14Cl2N4. The summed E-state index contributed by atoms with van der Waals surface area (Å²) >= 11 is 12.4. The predicted octanol–water partition coefficient (Wildman–Crippen LogP) is 2.97. The Kier molecular flexibility index (Phi) is 3.48. The lowest BCUT2D eigenvalue weighted by Gasteiger charge is -2.09. The molecule has 1 saturated carbocycles. The van der Waals surface area contributed by atoms with Gasteiger partial charge in [-0.2, -0.15) is 0 Å². The van der Waals surface area contributed by atoms with Gasteiger partial charge in [-0.3, -0.25) is 0 Å². The number of hydrogen-bond donors (Lipinski definition) is 1. The second kappa shape index (κ2) is 5.12. The first-order valence-electron chi connectivity index (χ1n) is 6.26. The van der Waals surface area contributed by atoms with E-state index in [9.17, 15) is 0 Å². The molecule has 4 nitrogen and oxygen atoms in total. The van der Waals surface area contributed by atoms with Crippen LogP contribution in [0.1, 0.15) is 35.7 Å². The van der Waals surface area contributed by atoms with Gasteiger partial charge in [0.2, 0.25) is 0 Å². The SMILES string of the molecule is NCc1nnn(Cc2c(Cl)cccc2Cl)c1C1CC1. The molecule has 0 radical (unpaired) electrons. The van der Waals surface area contributed by atoms with E-state index in [0.29, 0.717) is 29.1 Å². The third-order valence-corrected chi connectivity index (χ3v) is 4.08. The van der Waals surface area contributed by atoms with Gasteiger partial charge in [-0.15, -0.1) is 5.10 Å². The zero-order valence-electron chi connectivity index (χ0n) is 10.3. The van der Waals surface area contributed by atoms with Crippen LogP contribution in [0.3, 0.4) is 0 Å². The number of aromatic nitrogens is 3. The number of halogens is 2. The molecule has 0 spiro atoms. The standard InChI is InChI=1S/C13H14Cl2N4/c14-10-2-1-3-11(15)9(10)7-19-13(8-4-5-8)12(6-16)17-18-19/h1-3,8H,4-7,16H2. The molecule has 0 aliphatic heterocycles. The van der Waals surface area contributed by atoms with Crippen molar-refractivity contribution in [1.29, 1.82) is 0 Å². The average molecular weight is 297 g/mol. The molecule has 19 heavy (non-hydrogen) atoms. The van der Waals surface area contributed by atoms with E-state index in [1.165, 1.54) is 12.8 Å². The Hall–Kier alpha value is -1.10. The molecule has 100 valence electrons. The molecule has 0 unspecified atom stereocenters. The number of rotatable bonds is 4. The lowest BCUT2D eigenvalue weighted by molar-refractivity contribution is 0.619. The highest BCUT2D eigenvalue weighted by Crippen LogP contribution is 2.41. The summed E-state index contributed by atoms with van der Waals surface area (Å²) in [5, 5.41) is 9.65. The van der Waals surface area contributed by atoms with Crippen LogP contribution in [-0.2, 0) is 13.1 Å². The van der Waals surface area contributed by atoms with Crippen molar-refractivity contribution < 1.29 is 0 Å². The smallest absolute Gasteiger partial charge is 0.0997 e. The molecule has 1 fully saturated rings. The van der Waals surface area contributed by atoms with Crippen LogP contribution >= 0.6 is 23.2 Å². The van der Waals surface area contributed by atoms with Crippen molar-refractivity contribution in [3.63, 3.8) is 0 Å². The van der Waals surface area contributed by atoms with Crippen LogP contribution in [0.15, 0.2) is 18.2 Å². The van der Waals surface area contributed by atoms with E-state index in [-0.39, 0.29) is 0 Å². The summed E-state index contributed by atoms with van der Waals surface area (Å²) in [5.74, 6) is 0.537. The number of benzene rings is 1. The number of nitrogens with two attached hydrogens (primary N) is 1. The molecule has 1 aliphatic carbocycles. The van der Waals surface area contributed by atoms with E-state index in [1.807, 2.05) is 22.9 Å². The van der Waals surface area contributed by atoms with Crippen molar-refractivity contribution in [2.45, 2.75) is 31.8 Å². The normalized spacial score (nSPS) is 14.9. The van der Waals surface area contributed by atoms with Gasteiger partial charge in [-0.25, -0.2) is 4.68 Å². The van der Waals surface area contributed by atoms with E-state index in [4.69, 9.17) is 28.9 Å². The summed E-state index contributed by atoms with van der Waals surface area (Å²) in [5.41, 5.74) is 8.61. The van der Waals surface area contributed by atoms with Crippen LogP contribution in [0.25, 0.3) is 0 Å². The van der Waals surface area contributed by atoms with Crippen molar-refractivity contribution in [3.8, 4) is 0 Å². The fourth-order valence-corrected chi connectivity index (χ4v) is 2.77. The summed E-state index contributed by atoms with van der Waals surface area (Å²) in [4.78, 5) is 0. The Balaban J connectivity index is 1.97. The Labute approximate surface area is 121 Å². The molecule has 0 atom stereocenters. The predicted molar refractivity (Wildman–Crippen MR) is 75.5 cm³/mol. The summed E-state index contributed by atoms with van der Waals surface area (Å²) in [6.45, 7) is 0.958. The topological polar surface area (TPSA) is 56.7 Å². The van der Waals surface area contributed by atoms with E-state index in [2.05, 4.69) is 10.3 Å². The van der Waals surface area contributed by atoms with E-state index >= 15 is 0 Å². The van der Waals surface area contributed by atoms with Crippen LogP contribution in [0.4, 0.5) is 0 Å². The van der Waals surface area contributed by atoms with Gasteiger partial charge in [0.25, 0.3) is 0 Å². The third kappa shape index (κ3) is 2.48. The van der Waals surface area contributed by atoms with E-state index < -0.39 is 0 Å². The van der Waals surface area contributed by atoms with Gasteiger partial charge in [0.05, 0.1) is 17.9 Å². The van der Waals surface area contributed by atoms with Crippen molar-refractivity contribution in [2.75, 3.05) is 0 Å². The first kappa shape index (κ1) is 12.9. The molecule has 0 saturated heterocycles. The Morgan fingerprint density at radius 1 is 1.26 bits per heavy atom. The van der Waals surface area contributed by atoms with E-state index in [0.717, 1.165) is 17.0 Å². The maximum Gasteiger partial charge on any atom is 0.0997 e. The second-order valence-electron chi connectivity index (χ2n) is 4.76. The van der Waals surface area contributed by atoms with E-state index in [1.54, 1.807) is 0 Å². The molecule has 3 rings (SSSR count). The minimum absolute atomic E-state index is 0.419. The quantitative estimate of drug-likeness (QED) is 0.944. The Morgan fingerprint density at radius 3 is 2.53 bits per heavy atom. The highest BCUT2D eigenvalue weighted by Gasteiger charge is 2.31. The number of nitrogens with zero attached hydrogens (tertiary/aromatic N) is 3. The van der Waals surface area contributed by atoms with Gasteiger partial charge in [0.1, 0.15) is 0 Å². The molecule has 2 N–H and O–H groups in total. The minimum atomic E-state index is 0.419. The van der Waals surface area contributed by atoms with Gasteiger partial charge in [-0.05, 0) is 25.0 Å². The molecule has 6 heteroatoms. The van der Waals surface area contributed by atoms with Crippen molar-refractivity contribution in [2.24, 2.45) is 5.73 Å². The van der Waals surface area contributed by atoms with Crippen molar-refractivity contribution in [1.82, 2.24) is 15.0 Å². The highest BCUT2D eigenvalue weighted by molar-refractivity contribution is 6.35. The molecule has 0 bridgehead atoms. The van der Waals surface area contributed by atoms with Gasteiger partial charge in [-0.1, -0.05) is 34.5 Å².